The summed E-state index contributed by atoms with van der Waals surface area (Å²) in [5.41, 5.74) is 0. The number of aromatic nitrogens is 2. The van der Waals surface area contributed by atoms with E-state index < -0.39 is 10.0 Å². The van der Waals surface area contributed by atoms with Gasteiger partial charge < -0.3 is 4.98 Å². The second-order valence-electron chi connectivity index (χ2n) is 3.52. The Hall–Kier alpha value is -1.14. The molecule has 2 N–H and O–H groups in total. The fourth-order valence-corrected chi connectivity index (χ4v) is 2.76. The molecule has 1 aliphatic carbocycles. The number of hydrogen-bond donors (Lipinski definition) is 2. The van der Waals surface area contributed by atoms with Crippen molar-refractivity contribution >= 4 is 10.0 Å². The molecule has 5 nitrogen and oxygen atoms in total. The average Bonchev–Trinajstić information content (AvgIpc) is 2.71. The Labute approximate surface area is 88.7 Å². The molecule has 0 fully saturated rings. The van der Waals surface area contributed by atoms with Crippen LogP contribution < -0.4 is 4.72 Å². The first-order valence-electron chi connectivity index (χ1n) is 4.84. The van der Waals surface area contributed by atoms with Crippen LogP contribution in [0.3, 0.4) is 0 Å². The molecule has 0 aromatic carbocycles. The van der Waals surface area contributed by atoms with Crippen LogP contribution in [-0.2, 0) is 10.0 Å². The molecule has 82 valence electrons. The van der Waals surface area contributed by atoms with Crippen molar-refractivity contribution in [2.45, 2.75) is 30.3 Å². The van der Waals surface area contributed by atoms with E-state index in [0.29, 0.717) is 0 Å². The molecule has 1 aliphatic rings. The highest BCUT2D eigenvalue weighted by molar-refractivity contribution is 7.89. The Bertz CT molecular complexity index is 436. The van der Waals surface area contributed by atoms with Gasteiger partial charge in [-0.3, -0.25) is 0 Å². The van der Waals surface area contributed by atoms with Crippen molar-refractivity contribution in [1.29, 1.82) is 0 Å². The summed E-state index contributed by atoms with van der Waals surface area (Å²) in [5, 5.41) is 0.122. The lowest BCUT2D eigenvalue weighted by atomic mass is 10.0. The molecule has 0 aliphatic heterocycles. The lowest BCUT2D eigenvalue weighted by Crippen LogP contribution is -2.35. The smallest absolute Gasteiger partial charge is 0.257 e. The molecule has 1 unspecified atom stereocenters. The van der Waals surface area contributed by atoms with Crippen molar-refractivity contribution in [2.75, 3.05) is 0 Å². The zero-order valence-electron chi connectivity index (χ0n) is 8.18. The van der Waals surface area contributed by atoms with Crippen molar-refractivity contribution in [3.8, 4) is 0 Å². The minimum atomic E-state index is -3.42. The lowest BCUT2D eigenvalue weighted by Gasteiger charge is -2.18. The Morgan fingerprint density at radius 3 is 2.93 bits per heavy atom. The van der Waals surface area contributed by atoms with Gasteiger partial charge >= 0.3 is 0 Å². The van der Waals surface area contributed by atoms with E-state index in [1.54, 1.807) is 0 Å². The fraction of sp³-hybridized carbons (Fsp3) is 0.444. The summed E-state index contributed by atoms with van der Waals surface area (Å²) in [4.78, 5) is 6.28. The number of nitrogens with zero attached hydrogens (tertiary/aromatic N) is 1. The third-order valence-electron chi connectivity index (χ3n) is 2.35. The summed E-state index contributed by atoms with van der Waals surface area (Å²) in [7, 11) is -3.42. The molecule has 0 saturated carbocycles. The first kappa shape index (κ1) is 10.4. The number of hydrogen-bond acceptors (Lipinski definition) is 3. The largest absolute Gasteiger partial charge is 0.335 e. The minimum absolute atomic E-state index is 0.00306. The Balaban J connectivity index is 2.08. The molecule has 15 heavy (non-hydrogen) atoms. The predicted molar refractivity (Wildman–Crippen MR) is 55.7 cm³/mol. The summed E-state index contributed by atoms with van der Waals surface area (Å²) >= 11 is 0. The normalized spacial score (nSPS) is 21.7. The molecule has 1 atom stereocenters. The summed E-state index contributed by atoms with van der Waals surface area (Å²) in [5.74, 6) is 0. The zero-order valence-corrected chi connectivity index (χ0v) is 9.00. The van der Waals surface area contributed by atoms with Gasteiger partial charge in [-0.1, -0.05) is 12.2 Å². The van der Waals surface area contributed by atoms with Gasteiger partial charge in [0.1, 0.15) is 0 Å². The van der Waals surface area contributed by atoms with Gasteiger partial charge in [-0.05, 0) is 19.3 Å². The SMILES string of the molecule is O=S(=O)(NC1CC=CCC1)c1cnc[nH]1. The van der Waals surface area contributed by atoms with Crippen LogP contribution in [0.4, 0.5) is 0 Å². The zero-order chi connectivity index (χ0) is 10.7. The maximum Gasteiger partial charge on any atom is 0.257 e. The molecular weight excluding hydrogens is 214 g/mol. The summed E-state index contributed by atoms with van der Waals surface area (Å²) < 4.78 is 26.2. The fourth-order valence-electron chi connectivity index (χ4n) is 1.57. The summed E-state index contributed by atoms with van der Waals surface area (Å²) in [6.45, 7) is 0. The van der Waals surface area contributed by atoms with Gasteiger partial charge in [-0.2, -0.15) is 0 Å². The number of H-pyrrole nitrogens is 1. The highest BCUT2D eigenvalue weighted by atomic mass is 32.2. The van der Waals surface area contributed by atoms with Gasteiger partial charge in [0.2, 0.25) is 0 Å². The standard InChI is InChI=1S/C9H13N3O2S/c13-15(14,9-6-10-7-11-9)12-8-4-2-1-3-5-8/h1-2,6-8,12H,3-5H2,(H,10,11). The number of sulfonamides is 1. The number of imidazole rings is 1. The van der Waals surface area contributed by atoms with E-state index >= 15 is 0 Å². The second kappa shape index (κ2) is 4.16. The van der Waals surface area contributed by atoms with Gasteiger partial charge in [0.05, 0.1) is 12.5 Å². The topological polar surface area (TPSA) is 74.8 Å². The Kier molecular flexibility index (Phi) is 2.88. The number of rotatable bonds is 3. The highest BCUT2D eigenvalue weighted by Gasteiger charge is 2.20. The van der Waals surface area contributed by atoms with Crippen LogP contribution in [0.25, 0.3) is 0 Å². The van der Waals surface area contributed by atoms with Crippen LogP contribution in [0.1, 0.15) is 19.3 Å². The van der Waals surface area contributed by atoms with Crippen LogP contribution in [-0.4, -0.2) is 24.4 Å². The molecule has 2 rings (SSSR count). The highest BCUT2D eigenvalue weighted by Crippen LogP contribution is 2.13. The first-order valence-corrected chi connectivity index (χ1v) is 6.32. The number of aromatic amines is 1. The Morgan fingerprint density at radius 1 is 1.47 bits per heavy atom. The van der Waals surface area contributed by atoms with Crippen molar-refractivity contribution in [3.05, 3.63) is 24.7 Å². The first-order chi connectivity index (χ1) is 7.18. The van der Waals surface area contributed by atoms with Gasteiger partial charge in [0.25, 0.3) is 10.0 Å². The average molecular weight is 227 g/mol. The molecule has 0 bridgehead atoms. The Morgan fingerprint density at radius 2 is 2.33 bits per heavy atom. The third-order valence-corrected chi connectivity index (χ3v) is 3.80. The molecule has 0 radical (unpaired) electrons. The lowest BCUT2D eigenvalue weighted by molar-refractivity contribution is 0.520. The number of allylic oxidation sites excluding steroid dienone is 1. The third kappa shape index (κ3) is 2.45. The summed E-state index contributed by atoms with van der Waals surface area (Å²) in [6.07, 6.45) is 9.27. The van der Waals surface area contributed by atoms with E-state index in [9.17, 15) is 8.42 Å². The van der Waals surface area contributed by atoms with Gasteiger partial charge in [0, 0.05) is 6.04 Å². The van der Waals surface area contributed by atoms with Crippen LogP contribution in [0.15, 0.2) is 29.7 Å². The maximum atomic E-state index is 11.8. The van der Waals surface area contributed by atoms with Crippen molar-refractivity contribution in [2.24, 2.45) is 0 Å². The molecule has 1 aromatic heterocycles. The van der Waals surface area contributed by atoms with Crippen LogP contribution in [0.2, 0.25) is 0 Å². The molecule has 0 spiro atoms. The van der Waals surface area contributed by atoms with Crippen molar-refractivity contribution in [3.63, 3.8) is 0 Å². The molecule has 1 heterocycles. The quantitative estimate of drug-likeness (QED) is 0.750. The van der Waals surface area contributed by atoms with Gasteiger partial charge in [-0.25, -0.2) is 18.1 Å². The predicted octanol–water partition coefficient (Wildman–Crippen LogP) is 0.797. The molecule has 1 aromatic rings. The monoisotopic (exact) mass is 227 g/mol. The number of nitrogens with one attached hydrogen (secondary N) is 2. The van der Waals surface area contributed by atoms with E-state index in [1.165, 1.54) is 12.5 Å². The molecule has 6 heteroatoms. The second-order valence-corrected chi connectivity index (χ2v) is 5.20. The molecular formula is C9H13N3O2S. The van der Waals surface area contributed by atoms with Crippen LogP contribution in [0.5, 0.6) is 0 Å². The molecule has 0 saturated heterocycles. The van der Waals surface area contributed by atoms with E-state index in [4.69, 9.17) is 0 Å². The molecule has 0 amide bonds. The van der Waals surface area contributed by atoms with Crippen molar-refractivity contribution in [1.82, 2.24) is 14.7 Å². The summed E-state index contributed by atoms with van der Waals surface area (Å²) in [6, 6.07) is 0.00306. The van der Waals surface area contributed by atoms with E-state index in [2.05, 4.69) is 20.8 Å². The van der Waals surface area contributed by atoms with Crippen molar-refractivity contribution < 1.29 is 8.42 Å². The van der Waals surface area contributed by atoms with E-state index in [1.807, 2.05) is 6.08 Å². The van der Waals surface area contributed by atoms with Gasteiger partial charge in [-0.15, -0.1) is 0 Å². The van der Waals surface area contributed by atoms with Gasteiger partial charge in [0.15, 0.2) is 5.03 Å². The minimum Gasteiger partial charge on any atom is -0.335 e. The maximum absolute atomic E-state index is 11.8. The van der Waals surface area contributed by atoms with Crippen LogP contribution >= 0.6 is 0 Å². The van der Waals surface area contributed by atoms with Crippen LogP contribution in [0, 0.1) is 0 Å². The van der Waals surface area contributed by atoms with E-state index in [0.717, 1.165) is 19.3 Å². The van der Waals surface area contributed by atoms with E-state index in [-0.39, 0.29) is 11.1 Å².